The van der Waals surface area contributed by atoms with Crippen molar-refractivity contribution >= 4 is 53.4 Å². The Hall–Kier alpha value is -3.34. The van der Waals surface area contributed by atoms with E-state index < -0.39 is 0 Å². The second kappa shape index (κ2) is 8.79. The predicted octanol–water partition coefficient (Wildman–Crippen LogP) is 9.31. The standard InChI is InChI=1S/C30H18Br2N2/c31-26-13-5-8-19-20(7-3-10-22(19)26)25-16-17-29(28-15-1-2-18-33-28)34-30(25)24-12-4-11-23-21(24)9-6-14-27(23)32/h1-18H. The monoisotopic (exact) mass is 564 g/mol. The smallest absolute Gasteiger partial charge is 0.0894 e. The zero-order valence-corrected chi connectivity index (χ0v) is 21.2. The molecule has 0 fully saturated rings. The Bertz CT molecular complexity index is 1680. The van der Waals surface area contributed by atoms with Crippen LogP contribution in [-0.4, -0.2) is 9.97 Å². The van der Waals surface area contributed by atoms with Gasteiger partial charge in [-0.1, -0.05) is 98.6 Å². The molecule has 0 saturated heterocycles. The molecule has 4 aromatic carbocycles. The minimum absolute atomic E-state index is 0.854. The summed E-state index contributed by atoms with van der Waals surface area (Å²) in [6, 6.07) is 35.6. The van der Waals surface area contributed by atoms with Crippen LogP contribution in [0.3, 0.4) is 0 Å². The highest BCUT2D eigenvalue weighted by Gasteiger charge is 2.17. The van der Waals surface area contributed by atoms with E-state index in [9.17, 15) is 0 Å². The first-order valence-corrected chi connectivity index (χ1v) is 12.6. The zero-order chi connectivity index (χ0) is 23.1. The van der Waals surface area contributed by atoms with E-state index in [1.54, 1.807) is 0 Å². The maximum absolute atomic E-state index is 5.21. The molecule has 34 heavy (non-hydrogen) atoms. The summed E-state index contributed by atoms with van der Waals surface area (Å²) in [6.45, 7) is 0. The summed E-state index contributed by atoms with van der Waals surface area (Å²) in [5.41, 5.74) is 6.00. The lowest BCUT2D eigenvalue weighted by Crippen LogP contribution is -1.95. The molecule has 2 nitrogen and oxygen atoms in total. The number of aromatic nitrogens is 2. The van der Waals surface area contributed by atoms with Crippen molar-refractivity contribution in [3.63, 3.8) is 0 Å². The van der Waals surface area contributed by atoms with Crippen LogP contribution in [0.2, 0.25) is 0 Å². The van der Waals surface area contributed by atoms with Gasteiger partial charge in [-0.3, -0.25) is 4.98 Å². The van der Waals surface area contributed by atoms with Crippen LogP contribution in [0.5, 0.6) is 0 Å². The molecule has 0 unspecified atom stereocenters. The number of benzene rings is 4. The van der Waals surface area contributed by atoms with Gasteiger partial charge in [0.2, 0.25) is 0 Å². The molecular formula is C30H18Br2N2. The van der Waals surface area contributed by atoms with Crippen molar-refractivity contribution in [2.24, 2.45) is 0 Å². The lowest BCUT2D eigenvalue weighted by Gasteiger charge is -2.16. The van der Waals surface area contributed by atoms with Gasteiger partial charge in [0.15, 0.2) is 0 Å². The van der Waals surface area contributed by atoms with Crippen molar-refractivity contribution in [3.8, 4) is 33.8 Å². The van der Waals surface area contributed by atoms with Crippen LogP contribution in [-0.2, 0) is 0 Å². The Balaban J connectivity index is 1.70. The van der Waals surface area contributed by atoms with Gasteiger partial charge in [-0.25, -0.2) is 4.98 Å². The van der Waals surface area contributed by atoms with Gasteiger partial charge in [0, 0.05) is 26.3 Å². The second-order valence-electron chi connectivity index (χ2n) is 8.09. The Kier molecular flexibility index (Phi) is 5.48. The number of rotatable bonds is 3. The maximum Gasteiger partial charge on any atom is 0.0894 e. The highest BCUT2D eigenvalue weighted by molar-refractivity contribution is 9.11. The number of hydrogen-bond acceptors (Lipinski definition) is 2. The molecular weight excluding hydrogens is 548 g/mol. The molecule has 162 valence electrons. The van der Waals surface area contributed by atoms with E-state index in [1.165, 1.54) is 10.8 Å². The number of fused-ring (bicyclic) bond motifs is 2. The lowest BCUT2D eigenvalue weighted by molar-refractivity contribution is 1.25. The number of nitrogens with zero attached hydrogens (tertiary/aromatic N) is 2. The van der Waals surface area contributed by atoms with Crippen LogP contribution < -0.4 is 0 Å². The van der Waals surface area contributed by atoms with Crippen molar-refractivity contribution in [2.45, 2.75) is 0 Å². The topological polar surface area (TPSA) is 25.8 Å². The molecule has 0 saturated carbocycles. The second-order valence-corrected chi connectivity index (χ2v) is 9.80. The molecule has 4 heteroatoms. The summed E-state index contributed by atoms with van der Waals surface area (Å²) in [7, 11) is 0. The molecule has 0 bridgehead atoms. The third-order valence-electron chi connectivity index (χ3n) is 6.11. The first kappa shape index (κ1) is 21.2. The van der Waals surface area contributed by atoms with E-state index in [-0.39, 0.29) is 0 Å². The summed E-state index contributed by atoms with van der Waals surface area (Å²) in [5.74, 6) is 0. The average molecular weight is 566 g/mol. The summed E-state index contributed by atoms with van der Waals surface area (Å²) in [5, 5.41) is 4.69. The fourth-order valence-corrected chi connectivity index (χ4v) is 5.52. The zero-order valence-electron chi connectivity index (χ0n) is 18.0. The van der Waals surface area contributed by atoms with E-state index in [1.807, 2.05) is 24.4 Å². The normalized spacial score (nSPS) is 11.2. The predicted molar refractivity (Wildman–Crippen MR) is 149 cm³/mol. The summed E-state index contributed by atoms with van der Waals surface area (Å²) in [6.07, 6.45) is 1.81. The largest absolute Gasteiger partial charge is 0.255 e. The third-order valence-corrected chi connectivity index (χ3v) is 7.49. The van der Waals surface area contributed by atoms with Gasteiger partial charge >= 0.3 is 0 Å². The molecule has 0 spiro atoms. The summed E-state index contributed by atoms with van der Waals surface area (Å²) in [4.78, 5) is 9.76. The molecule has 0 N–H and O–H groups in total. The first-order chi connectivity index (χ1) is 16.7. The van der Waals surface area contributed by atoms with Gasteiger partial charge in [-0.2, -0.15) is 0 Å². The lowest BCUT2D eigenvalue weighted by atomic mass is 9.92. The van der Waals surface area contributed by atoms with Gasteiger partial charge < -0.3 is 0 Å². The maximum atomic E-state index is 5.21. The van der Waals surface area contributed by atoms with Gasteiger partial charge in [-0.05, 0) is 63.5 Å². The van der Waals surface area contributed by atoms with Crippen molar-refractivity contribution in [3.05, 3.63) is 118 Å². The fraction of sp³-hybridized carbons (Fsp3) is 0. The highest BCUT2D eigenvalue weighted by Crippen LogP contribution is 2.40. The number of halogens is 2. The molecule has 6 aromatic rings. The van der Waals surface area contributed by atoms with Gasteiger partial charge in [0.25, 0.3) is 0 Å². The molecule has 2 aromatic heterocycles. The Morgan fingerprint density at radius 3 is 1.74 bits per heavy atom. The fourth-order valence-electron chi connectivity index (χ4n) is 4.52. The SMILES string of the molecule is Brc1cccc2c(-c3ccc(-c4ccccn4)nc3-c3cccc4c(Br)cccc34)cccc12. The number of pyridine rings is 2. The van der Waals surface area contributed by atoms with Crippen molar-refractivity contribution in [1.82, 2.24) is 9.97 Å². The van der Waals surface area contributed by atoms with Crippen molar-refractivity contribution in [1.29, 1.82) is 0 Å². The van der Waals surface area contributed by atoms with Crippen molar-refractivity contribution < 1.29 is 0 Å². The van der Waals surface area contributed by atoms with Gasteiger partial charge in [0.1, 0.15) is 0 Å². The highest BCUT2D eigenvalue weighted by atomic mass is 79.9. The molecule has 6 rings (SSSR count). The Morgan fingerprint density at radius 2 is 1.06 bits per heavy atom. The van der Waals surface area contributed by atoms with Gasteiger partial charge in [-0.15, -0.1) is 0 Å². The molecule has 0 aliphatic carbocycles. The minimum Gasteiger partial charge on any atom is -0.255 e. The molecule has 2 heterocycles. The van der Waals surface area contributed by atoms with E-state index in [4.69, 9.17) is 4.98 Å². The molecule has 0 atom stereocenters. The van der Waals surface area contributed by atoms with E-state index in [0.717, 1.165) is 53.5 Å². The molecule has 0 aliphatic heterocycles. The van der Waals surface area contributed by atoms with Gasteiger partial charge in [0.05, 0.1) is 17.1 Å². The van der Waals surface area contributed by atoms with Crippen LogP contribution in [0.4, 0.5) is 0 Å². The summed E-state index contributed by atoms with van der Waals surface area (Å²) >= 11 is 7.44. The summed E-state index contributed by atoms with van der Waals surface area (Å²) < 4.78 is 2.16. The van der Waals surface area contributed by atoms with Crippen LogP contribution in [0.25, 0.3) is 55.3 Å². The third kappa shape index (κ3) is 3.64. The first-order valence-electron chi connectivity index (χ1n) is 11.0. The molecule has 0 amide bonds. The van der Waals surface area contributed by atoms with Crippen LogP contribution in [0.1, 0.15) is 0 Å². The van der Waals surface area contributed by atoms with Crippen LogP contribution in [0, 0.1) is 0 Å². The van der Waals surface area contributed by atoms with E-state index >= 15 is 0 Å². The quantitative estimate of drug-likeness (QED) is 0.213. The Morgan fingerprint density at radius 1 is 0.441 bits per heavy atom. The van der Waals surface area contributed by atoms with E-state index in [2.05, 4.69) is 122 Å². The number of hydrogen-bond donors (Lipinski definition) is 0. The molecule has 0 aliphatic rings. The van der Waals surface area contributed by atoms with Crippen LogP contribution >= 0.6 is 31.9 Å². The van der Waals surface area contributed by atoms with E-state index in [0.29, 0.717) is 0 Å². The van der Waals surface area contributed by atoms with Crippen molar-refractivity contribution in [2.75, 3.05) is 0 Å². The Labute approximate surface area is 214 Å². The van der Waals surface area contributed by atoms with Crippen LogP contribution in [0.15, 0.2) is 118 Å². The minimum atomic E-state index is 0.854. The average Bonchev–Trinajstić information content (AvgIpc) is 2.89. The molecule has 0 radical (unpaired) electrons.